The van der Waals surface area contributed by atoms with Gasteiger partial charge >= 0.3 is 18.0 Å². The lowest BCUT2D eigenvalue weighted by Crippen LogP contribution is -2.49. The molecular formula is C23H21N3O6S. The zero-order chi connectivity index (χ0) is 23.5. The Labute approximate surface area is 194 Å². The van der Waals surface area contributed by atoms with Gasteiger partial charge in [0.25, 0.3) is 0 Å². The number of rotatable bonds is 6. The van der Waals surface area contributed by atoms with Crippen molar-refractivity contribution in [1.29, 1.82) is 0 Å². The van der Waals surface area contributed by atoms with Gasteiger partial charge in [-0.1, -0.05) is 12.1 Å². The van der Waals surface area contributed by atoms with Crippen LogP contribution in [-0.4, -0.2) is 55.3 Å². The number of methoxy groups -OCH3 is 1. The molecular weight excluding hydrogens is 446 g/mol. The van der Waals surface area contributed by atoms with Crippen LogP contribution in [0.5, 0.6) is 0 Å². The van der Waals surface area contributed by atoms with Crippen molar-refractivity contribution < 1.29 is 28.7 Å². The van der Waals surface area contributed by atoms with Crippen LogP contribution >= 0.6 is 11.8 Å². The van der Waals surface area contributed by atoms with Crippen LogP contribution in [0.1, 0.15) is 22.0 Å². The summed E-state index contributed by atoms with van der Waals surface area (Å²) in [6.07, 6.45) is 1.96. The lowest BCUT2D eigenvalue weighted by atomic mass is 9.96. The number of carbonyl (C=O) groups is 4. The third-order valence-corrected chi connectivity index (χ3v) is 6.08. The minimum absolute atomic E-state index is 0.0813. The normalized spacial score (nSPS) is 17.3. The number of urea groups is 1. The van der Waals surface area contributed by atoms with E-state index in [2.05, 4.69) is 15.4 Å². The van der Waals surface area contributed by atoms with Crippen LogP contribution < -0.4 is 10.6 Å². The molecule has 2 aromatic carbocycles. The van der Waals surface area contributed by atoms with E-state index in [1.807, 2.05) is 30.5 Å². The van der Waals surface area contributed by atoms with Gasteiger partial charge in [0.2, 0.25) is 5.91 Å². The summed E-state index contributed by atoms with van der Waals surface area (Å²) >= 11 is 1.59. The van der Waals surface area contributed by atoms with Crippen LogP contribution in [0.4, 0.5) is 10.5 Å². The molecule has 0 bridgehead atoms. The summed E-state index contributed by atoms with van der Waals surface area (Å²) in [5.41, 5.74) is 2.24. The van der Waals surface area contributed by atoms with Crippen molar-refractivity contribution in [2.24, 2.45) is 0 Å². The van der Waals surface area contributed by atoms with Crippen molar-refractivity contribution in [3.8, 4) is 0 Å². The predicted octanol–water partition coefficient (Wildman–Crippen LogP) is 2.71. The number of thioether (sulfide) groups is 1. The summed E-state index contributed by atoms with van der Waals surface area (Å²) < 4.78 is 9.84. The second-order valence-corrected chi connectivity index (χ2v) is 8.18. The zero-order valence-corrected chi connectivity index (χ0v) is 18.7. The Balaban J connectivity index is 1.52. The molecule has 0 aliphatic carbocycles. The molecule has 0 saturated heterocycles. The molecule has 1 unspecified atom stereocenters. The fraction of sp³-hybridized carbons (Fsp3) is 0.217. The Bertz CT molecular complexity index is 1140. The average Bonchev–Trinajstić information content (AvgIpc) is 3.22. The first-order chi connectivity index (χ1) is 15.9. The van der Waals surface area contributed by atoms with E-state index in [0.29, 0.717) is 22.5 Å². The van der Waals surface area contributed by atoms with E-state index < -0.39 is 29.9 Å². The summed E-state index contributed by atoms with van der Waals surface area (Å²) in [6.45, 7) is -0.389. The third-order valence-electron chi connectivity index (χ3n) is 5.34. The molecule has 9 nitrogen and oxygen atoms in total. The minimum atomic E-state index is -0.649. The maximum Gasteiger partial charge on any atom is 0.338 e. The van der Waals surface area contributed by atoms with Gasteiger partial charge < -0.3 is 20.1 Å². The van der Waals surface area contributed by atoms with Gasteiger partial charge in [0.05, 0.1) is 30.0 Å². The van der Waals surface area contributed by atoms with Crippen molar-refractivity contribution in [2.75, 3.05) is 31.8 Å². The minimum Gasteiger partial charge on any atom is -0.465 e. The highest BCUT2D eigenvalue weighted by molar-refractivity contribution is 7.98. The van der Waals surface area contributed by atoms with Crippen molar-refractivity contribution in [3.05, 3.63) is 70.9 Å². The molecule has 0 aromatic heterocycles. The van der Waals surface area contributed by atoms with Crippen LogP contribution in [0.3, 0.4) is 0 Å². The van der Waals surface area contributed by atoms with Gasteiger partial charge in [-0.15, -0.1) is 11.8 Å². The van der Waals surface area contributed by atoms with Crippen LogP contribution in [-0.2, 0) is 19.1 Å². The average molecular weight is 468 g/mol. The van der Waals surface area contributed by atoms with E-state index in [-0.39, 0.29) is 13.2 Å². The molecule has 33 heavy (non-hydrogen) atoms. The standard InChI is InChI=1S/C23H21N3O6S/c1-31-21(28)14-3-7-15(8-4-14)24-18(27)11-26-17-12-32-22(29)19(17)20(25-23(26)30)13-5-9-16(33-2)10-6-13/h3-10,20H,11-12H2,1-2H3,(H,24,27)(H,25,30). The quantitative estimate of drug-likeness (QED) is 0.496. The maximum atomic E-state index is 12.9. The number of cyclic esters (lactones) is 1. The SMILES string of the molecule is COC(=O)c1ccc(NC(=O)CN2C(=O)NC(c3ccc(SC)cc3)C3=C2COC3=O)cc1. The van der Waals surface area contributed by atoms with Crippen molar-refractivity contribution in [2.45, 2.75) is 10.9 Å². The maximum absolute atomic E-state index is 12.9. The summed E-state index contributed by atoms with van der Waals surface area (Å²) in [4.78, 5) is 51.7. The van der Waals surface area contributed by atoms with E-state index in [9.17, 15) is 19.2 Å². The largest absolute Gasteiger partial charge is 0.465 e. The number of nitrogens with one attached hydrogen (secondary N) is 2. The van der Waals surface area contributed by atoms with Crippen molar-refractivity contribution >= 4 is 41.3 Å². The van der Waals surface area contributed by atoms with E-state index in [4.69, 9.17) is 4.74 Å². The topological polar surface area (TPSA) is 114 Å². The smallest absolute Gasteiger partial charge is 0.338 e. The molecule has 3 amide bonds. The number of carbonyl (C=O) groups excluding carboxylic acids is 4. The Kier molecular flexibility index (Phi) is 6.36. The summed E-state index contributed by atoms with van der Waals surface area (Å²) in [6, 6.07) is 12.5. The molecule has 0 fully saturated rings. The van der Waals surface area contributed by atoms with E-state index in [0.717, 1.165) is 10.5 Å². The van der Waals surface area contributed by atoms with Gasteiger partial charge in [-0.3, -0.25) is 9.69 Å². The number of hydrogen-bond acceptors (Lipinski definition) is 7. The molecule has 0 radical (unpaired) electrons. The second kappa shape index (κ2) is 9.37. The predicted molar refractivity (Wildman–Crippen MR) is 121 cm³/mol. The van der Waals surface area contributed by atoms with Gasteiger partial charge in [0.15, 0.2) is 0 Å². The second-order valence-electron chi connectivity index (χ2n) is 7.30. The molecule has 2 aromatic rings. The molecule has 0 saturated carbocycles. The number of amides is 3. The van der Waals surface area contributed by atoms with E-state index in [1.54, 1.807) is 23.9 Å². The fourth-order valence-corrected chi connectivity index (χ4v) is 4.08. The van der Waals surface area contributed by atoms with Crippen LogP contribution in [0.15, 0.2) is 64.7 Å². The summed E-state index contributed by atoms with van der Waals surface area (Å²) in [7, 11) is 1.28. The molecule has 1 atom stereocenters. The number of anilines is 1. The first kappa shape index (κ1) is 22.4. The van der Waals surface area contributed by atoms with Crippen LogP contribution in [0, 0.1) is 0 Å². The van der Waals surface area contributed by atoms with E-state index >= 15 is 0 Å². The molecule has 2 aliphatic rings. The molecule has 10 heteroatoms. The molecule has 2 heterocycles. The van der Waals surface area contributed by atoms with Gasteiger partial charge in [-0.2, -0.15) is 0 Å². The van der Waals surface area contributed by atoms with Crippen molar-refractivity contribution in [3.63, 3.8) is 0 Å². The van der Waals surface area contributed by atoms with Gasteiger partial charge in [0, 0.05) is 10.6 Å². The number of nitrogens with zero attached hydrogens (tertiary/aromatic N) is 1. The molecule has 2 N–H and O–H groups in total. The lowest BCUT2D eigenvalue weighted by Gasteiger charge is -2.32. The molecule has 170 valence electrons. The first-order valence-electron chi connectivity index (χ1n) is 10.0. The Hall–Kier alpha value is -3.79. The highest BCUT2D eigenvalue weighted by Crippen LogP contribution is 2.35. The molecule has 4 rings (SSSR count). The van der Waals surface area contributed by atoms with Gasteiger partial charge in [-0.25, -0.2) is 14.4 Å². The lowest BCUT2D eigenvalue weighted by molar-refractivity contribution is -0.136. The first-order valence-corrected chi connectivity index (χ1v) is 11.2. The highest BCUT2D eigenvalue weighted by Gasteiger charge is 2.42. The Morgan fingerprint density at radius 1 is 1.15 bits per heavy atom. The Morgan fingerprint density at radius 2 is 1.85 bits per heavy atom. The zero-order valence-electron chi connectivity index (χ0n) is 17.9. The third kappa shape index (κ3) is 4.56. The van der Waals surface area contributed by atoms with Gasteiger partial charge in [0.1, 0.15) is 13.2 Å². The Morgan fingerprint density at radius 3 is 2.48 bits per heavy atom. The highest BCUT2D eigenvalue weighted by atomic mass is 32.2. The number of benzene rings is 2. The fourth-order valence-electron chi connectivity index (χ4n) is 3.68. The van der Waals surface area contributed by atoms with E-state index in [1.165, 1.54) is 24.1 Å². The summed E-state index contributed by atoms with van der Waals surface area (Å²) in [5.74, 6) is -1.47. The monoisotopic (exact) mass is 467 g/mol. The number of esters is 2. The van der Waals surface area contributed by atoms with Gasteiger partial charge in [-0.05, 0) is 48.2 Å². The van der Waals surface area contributed by atoms with Crippen LogP contribution in [0.25, 0.3) is 0 Å². The molecule has 2 aliphatic heterocycles. The summed E-state index contributed by atoms with van der Waals surface area (Å²) in [5, 5.41) is 5.48. The number of hydrogen-bond donors (Lipinski definition) is 2. The number of ether oxygens (including phenoxy) is 2. The van der Waals surface area contributed by atoms with Crippen LogP contribution in [0.2, 0.25) is 0 Å². The van der Waals surface area contributed by atoms with Crippen molar-refractivity contribution in [1.82, 2.24) is 10.2 Å². The molecule has 0 spiro atoms.